The molecule has 0 bridgehead atoms. The number of aromatic nitrogens is 1. The number of rotatable bonds is 8. The molecular formula is C26H30N6O4. The van der Waals surface area contributed by atoms with Gasteiger partial charge in [0.25, 0.3) is 11.7 Å². The maximum Gasteiger partial charge on any atom is 0.296 e. The number of carbonyl (C=O) groups excluding carboxylic acids is 3. The molecule has 0 unspecified atom stereocenters. The molecule has 0 fully saturated rings. The maximum absolute atomic E-state index is 13.0. The number of nitrogens with one attached hydrogen (secondary N) is 2. The van der Waals surface area contributed by atoms with Crippen LogP contribution in [0.25, 0.3) is 6.08 Å². The molecule has 36 heavy (non-hydrogen) atoms. The lowest BCUT2D eigenvalue weighted by molar-refractivity contribution is -0.127. The van der Waals surface area contributed by atoms with E-state index in [4.69, 9.17) is 5.73 Å². The minimum absolute atomic E-state index is 0.134. The molecule has 10 nitrogen and oxygen atoms in total. The smallest absolute Gasteiger partial charge is 0.296 e. The van der Waals surface area contributed by atoms with Gasteiger partial charge in [0.1, 0.15) is 5.84 Å². The molecule has 3 heterocycles. The number of fused-ring (bicyclic) bond motifs is 2. The van der Waals surface area contributed by atoms with Crippen LogP contribution >= 0.6 is 0 Å². The molecule has 2 aliphatic heterocycles. The first kappa shape index (κ1) is 25.2. The number of aliphatic hydroxyl groups is 1. The van der Waals surface area contributed by atoms with Crippen molar-refractivity contribution in [2.75, 3.05) is 31.6 Å². The van der Waals surface area contributed by atoms with E-state index in [2.05, 4.69) is 20.6 Å². The average molecular weight is 491 g/mol. The van der Waals surface area contributed by atoms with Crippen molar-refractivity contribution in [1.82, 2.24) is 15.2 Å². The fraction of sp³-hybridized carbons (Fsp3) is 0.346. The van der Waals surface area contributed by atoms with Crippen LogP contribution in [0.4, 0.5) is 11.4 Å². The quantitative estimate of drug-likeness (QED) is 0.324. The Morgan fingerprint density at radius 1 is 1.22 bits per heavy atom. The molecule has 1 aromatic heterocycles. The first-order valence-corrected chi connectivity index (χ1v) is 12.0. The number of nitrogens with two attached hydrogens (primary N) is 1. The van der Waals surface area contributed by atoms with E-state index in [-0.39, 0.29) is 36.9 Å². The number of amides is 2. The van der Waals surface area contributed by atoms with Crippen molar-refractivity contribution in [2.24, 2.45) is 10.7 Å². The standard InChI is InChI=1S/C26H30N6O4/c1-2-7-32(8-9-33)26(36)18-10-16-3-4-17(12-22(16)31-23(27)13-18)24(34)25(35)30-20-11-19-14-28-6-5-21(19)29-15-20/h3-4,10-12,15,28,33H,2,5-9,13-14H2,1H3,(H2,27,31)(H,30,35). The van der Waals surface area contributed by atoms with E-state index >= 15 is 0 Å². The monoisotopic (exact) mass is 490 g/mol. The lowest BCUT2D eigenvalue weighted by Gasteiger charge is -2.22. The van der Waals surface area contributed by atoms with Gasteiger partial charge in [0.05, 0.1) is 24.2 Å². The summed E-state index contributed by atoms with van der Waals surface area (Å²) in [7, 11) is 0. The van der Waals surface area contributed by atoms with Gasteiger partial charge < -0.3 is 26.4 Å². The molecule has 0 atom stereocenters. The van der Waals surface area contributed by atoms with Crippen LogP contribution in [0, 0.1) is 0 Å². The van der Waals surface area contributed by atoms with Gasteiger partial charge in [0, 0.05) is 61.4 Å². The lowest BCUT2D eigenvalue weighted by Crippen LogP contribution is -2.36. The molecule has 0 saturated carbocycles. The molecule has 2 amide bonds. The Kier molecular flexibility index (Phi) is 7.87. The van der Waals surface area contributed by atoms with Crippen LogP contribution in [-0.2, 0) is 22.6 Å². The second kappa shape index (κ2) is 11.2. The van der Waals surface area contributed by atoms with Crippen LogP contribution in [0.1, 0.15) is 46.9 Å². The normalized spacial score (nSPS) is 14.5. The minimum atomic E-state index is -0.781. The van der Waals surface area contributed by atoms with E-state index in [1.54, 1.807) is 23.2 Å². The second-order valence-electron chi connectivity index (χ2n) is 8.78. The zero-order valence-electron chi connectivity index (χ0n) is 20.2. The summed E-state index contributed by atoms with van der Waals surface area (Å²) in [6, 6.07) is 6.50. The van der Waals surface area contributed by atoms with Crippen LogP contribution in [0.5, 0.6) is 0 Å². The highest BCUT2D eigenvalue weighted by molar-refractivity contribution is 6.46. The topological polar surface area (TPSA) is 150 Å². The predicted molar refractivity (Wildman–Crippen MR) is 137 cm³/mol. The Balaban J connectivity index is 1.54. The number of amidine groups is 1. The number of hydrogen-bond acceptors (Lipinski definition) is 8. The van der Waals surface area contributed by atoms with Crippen LogP contribution in [0.2, 0.25) is 0 Å². The van der Waals surface area contributed by atoms with Gasteiger partial charge in [0.15, 0.2) is 0 Å². The number of hydrogen-bond donors (Lipinski definition) is 4. The third-order valence-corrected chi connectivity index (χ3v) is 6.06. The Bertz CT molecular complexity index is 1250. The molecule has 0 radical (unpaired) electrons. The number of nitrogens with zero attached hydrogens (tertiary/aromatic N) is 3. The van der Waals surface area contributed by atoms with Crippen molar-refractivity contribution in [3.05, 3.63) is 58.4 Å². The highest BCUT2D eigenvalue weighted by Gasteiger charge is 2.23. The van der Waals surface area contributed by atoms with Gasteiger partial charge in [-0.1, -0.05) is 19.1 Å². The molecule has 5 N–H and O–H groups in total. The van der Waals surface area contributed by atoms with Crippen LogP contribution in [0.3, 0.4) is 0 Å². The van der Waals surface area contributed by atoms with Crippen molar-refractivity contribution >= 4 is 40.9 Å². The number of benzene rings is 1. The van der Waals surface area contributed by atoms with Gasteiger partial charge in [-0.3, -0.25) is 19.4 Å². The minimum Gasteiger partial charge on any atom is -0.395 e. The van der Waals surface area contributed by atoms with E-state index in [1.807, 2.05) is 13.0 Å². The van der Waals surface area contributed by atoms with Gasteiger partial charge in [-0.25, -0.2) is 4.99 Å². The Morgan fingerprint density at radius 3 is 2.83 bits per heavy atom. The summed E-state index contributed by atoms with van der Waals surface area (Å²) in [6.45, 7) is 4.09. The summed E-state index contributed by atoms with van der Waals surface area (Å²) < 4.78 is 0. The molecule has 188 valence electrons. The van der Waals surface area contributed by atoms with Crippen LogP contribution in [-0.4, -0.2) is 64.7 Å². The largest absolute Gasteiger partial charge is 0.395 e. The highest BCUT2D eigenvalue weighted by atomic mass is 16.3. The number of aliphatic hydroxyl groups excluding tert-OH is 1. The van der Waals surface area contributed by atoms with E-state index in [0.717, 1.165) is 30.6 Å². The number of ketones is 1. The number of aliphatic imine (C=N–C) groups is 1. The fourth-order valence-electron chi connectivity index (χ4n) is 4.31. The zero-order valence-corrected chi connectivity index (χ0v) is 20.2. The zero-order chi connectivity index (χ0) is 25.7. The summed E-state index contributed by atoms with van der Waals surface area (Å²) in [4.78, 5) is 48.9. The Labute approximate surface area is 209 Å². The Morgan fingerprint density at radius 2 is 2.06 bits per heavy atom. The number of Topliss-reactive ketones (excluding diaryl/α,β-unsaturated/α-hetero) is 1. The molecule has 10 heteroatoms. The molecule has 0 saturated heterocycles. The summed E-state index contributed by atoms with van der Waals surface area (Å²) >= 11 is 0. The Hall–Kier alpha value is -3.89. The molecular weight excluding hydrogens is 460 g/mol. The molecule has 2 aromatic rings. The molecule has 0 spiro atoms. The summed E-state index contributed by atoms with van der Waals surface area (Å²) in [5, 5.41) is 15.2. The summed E-state index contributed by atoms with van der Waals surface area (Å²) in [5.74, 6) is -1.50. The SMILES string of the molecule is CCCN(CCO)C(=O)C1=Cc2ccc(C(=O)C(=O)Nc3cnc4c(c3)CNCC4)cc2N=C(N)C1. The average Bonchev–Trinajstić information content (AvgIpc) is 3.05. The van der Waals surface area contributed by atoms with Crippen LogP contribution < -0.4 is 16.4 Å². The number of anilines is 1. The summed E-state index contributed by atoms with van der Waals surface area (Å²) in [6.07, 6.45) is 4.97. The van der Waals surface area contributed by atoms with Crippen molar-refractivity contribution in [3.63, 3.8) is 0 Å². The van der Waals surface area contributed by atoms with Crippen molar-refractivity contribution in [2.45, 2.75) is 32.7 Å². The van der Waals surface area contributed by atoms with Gasteiger partial charge in [0.2, 0.25) is 5.91 Å². The van der Waals surface area contributed by atoms with Crippen molar-refractivity contribution < 1.29 is 19.5 Å². The fourth-order valence-corrected chi connectivity index (χ4v) is 4.31. The van der Waals surface area contributed by atoms with Gasteiger partial charge in [-0.2, -0.15) is 0 Å². The molecule has 0 aliphatic carbocycles. The van der Waals surface area contributed by atoms with E-state index in [0.29, 0.717) is 35.6 Å². The molecule has 2 aliphatic rings. The number of pyridine rings is 1. The lowest BCUT2D eigenvalue weighted by atomic mass is 10.0. The summed E-state index contributed by atoms with van der Waals surface area (Å²) in [5.41, 5.74) is 10.1. The molecule has 4 rings (SSSR count). The predicted octanol–water partition coefficient (Wildman–Crippen LogP) is 1.56. The first-order valence-electron chi connectivity index (χ1n) is 12.0. The first-order chi connectivity index (χ1) is 17.4. The number of carbonyl (C=O) groups is 3. The van der Waals surface area contributed by atoms with E-state index in [9.17, 15) is 19.5 Å². The van der Waals surface area contributed by atoms with E-state index < -0.39 is 11.7 Å². The van der Waals surface area contributed by atoms with Gasteiger partial charge in [-0.05, 0) is 30.2 Å². The second-order valence-corrected chi connectivity index (χ2v) is 8.78. The van der Waals surface area contributed by atoms with Crippen molar-refractivity contribution in [1.29, 1.82) is 0 Å². The third-order valence-electron chi connectivity index (χ3n) is 6.06. The van der Waals surface area contributed by atoms with Crippen molar-refractivity contribution in [3.8, 4) is 0 Å². The maximum atomic E-state index is 13.0. The third kappa shape index (κ3) is 5.67. The highest BCUT2D eigenvalue weighted by Crippen LogP contribution is 2.29. The van der Waals surface area contributed by atoms with Gasteiger partial charge in [-0.15, -0.1) is 0 Å². The molecule has 1 aromatic carbocycles. The van der Waals surface area contributed by atoms with Crippen LogP contribution in [0.15, 0.2) is 41.0 Å². The van der Waals surface area contributed by atoms with Gasteiger partial charge >= 0.3 is 0 Å². The van der Waals surface area contributed by atoms with E-state index in [1.165, 1.54) is 12.1 Å².